The van der Waals surface area contributed by atoms with Gasteiger partial charge in [-0.2, -0.15) is 0 Å². The number of thiazole rings is 1. The largest absolute Gasteiger partial charge is 0.464 e. The van der Waals surface area contributed by atoms with Crippen molar-refractivity contribution in [3.8, 4) is 11.8 Å². The molecular weight excluding hydrogens is 542 g/mol. The first-order valence-electron chi connectivity index (χ1n) is 14.0. The Morgan fingerprint density at radius 1 is 1.10 bits per heavy atom. The van der Waals surface area contributed by atoms with E-state index in [1.165, 1.54) is 18.4 Å². The van der Waals surface area contributed by atoms with E-state index in [0.29, 0.717) is 12.1 Å². The van der Waals surface area contributed by atoms with Crippen LogP contribution >= 0.6 is 11.3 Å². The van der Waals surface area contributed by atoms with Crippen molar-refractivity contribution in [3.63, 3.8) is 0 Å². The van der Waals surface area contributed by atoms with Gasteiger partial charge in [0.1, 0.15) is 6.79 Å². The maximum Gasteiger partial charge on any atom is 0.357 e. The molecule has 0 unspecified atom stereocenters. The highest BCUT2D eigenvalue weighted by molar-refractivity contribution is 7.09. The molecule has 0 radical (unpaired) electrons. The minimum absolute atomic E-state index is 0.0308. The molecule has 1 aromatic rings. The molecule has 0 aromatic carbocycles. The molecule has 9 heteroatoms. The third-order valence-corrected chi connectivity index (χ3v) is 12.8. The third kappa shape index (κ3) is 11.4. The predicted octanol–water partition coefficient (Wildman–Crippen LogP) is 6.97. The first kappa shape index (κ1) is 36.0. The molecule has 7 nitrogen and oxygen atoms in total. The van der Waals surface area contributed by atoms with Crippen LogP contribution in [0, 0.1) is 17.3 Å². The van der Waals surface area contributed by atoms with E-state index in [9.17, 15) is 4.79 Å². The van der Waals surface area contributed by atoms with Crippen LogP contribution in [0.1, 0.15) is 63.5 Å². The molecule has 0 N–H and O–H groups in total. The number of methoxy groups -OCH3 is 3. The van der Waals surface area contributed by atoms with Crippen molar-refractivity contribution in [1.29, 1.82) is 0 Å². The summed E-state index contributed by atoms with van der Waals surface area (Å²) in [5.74, 6) is 5.72. The summed E-state index contributed by atoms with van der Waals surface area (Å²) in [6.45, 7) is 13.4. The number of aromatic nitrogens is 1. The molecule has 0 aliphatic carbocycles. The van der Waals surface area contributed by atoms with Gasteiger partial charge >= 0.3 is 5.97 Å². The van der Waals surface area contributed by atoms with Gasteiger partial charge in [0, 0.05) is 31.4 Å². The number of nitrogens with zero attached hydrogens (tertiary/aromatic N) is 1. The molecule has 3 atom stereocenters. The number of hydrogen-bond donors (Lipinski definition) is 0. The van der Waals surface area contributed by atoms with Gasteiger partial charge in [-0.15, -0.1) is 11.3 Å². The number of ether oxygens (including phenoxy) is 4. The van der Waals surface area contributed by atoms with Crippen LogP contribution in [0.4, 0.5) is 0 Å². The number of esters is 1. The molecule has 1 aromatic heterocycles. The van der Waals surface area contributed by atoms with Crippen molar-refractivity contribution in [2.75, 3.05) is 28.1 Å². The van der Waals surface area contributed by atoms with Crippen LogP contribution in [0.25, 0.3) is 0 Å². The van der Waals surface area contributed by atoms with E-state index >= 15 is 0 Å². The second-order valence-corrected chi connectivity index (χ2v) is 15.7. The molecule has 0 saturated carbocycles. The Morgan fingerprint density at radius 2 is 1.77 bits per heavy atom. The van der Waals surface area contributed by atoms with Crippen molar-refractivity contribution >= 4 is 25.6 Å². The summed E-state index contributed by atoms with van der Waals surface area (Å²) in [6, 6.07) is 3.25. The van der Waals surface area contributed by atoms with Gasteiger partial charge in [0.25, 0.3) is 0 Å². The number of rotatable bonds is 18. The van der Waals surface area contributed by atoms with Crippen LogP contribution in [0.15, 0.2) is 41.8 Å². The Morgan fingerprint density at radius 3 is 2.35 bits per heavy atom. The molecular formula is C31H49NO6SSi. The van der Waals surface area contributed by atoms with E-state index in [4.69, 9.17) is 23.4 Å². The van der Waals surface area contributed by atoms with Gasteiger partial charge in [0.05, 0.1) is 30.4 Å². The lowest BCUT2D eigenvalue weighted by molar-refractivity contribution is -0.116. The molecule has 0 saturated heterocycles. The molecule has 0 spiro atoms. The van der Waals surface area contributed by atoms with E-state index in [1.54, 1.807) is 25.7 Å². The van der Waals surface area contributed by atoms with Crippen molar-refractivity contribution in [2.24, 2.45) is 5.41 Å². The van der Waals surface area contributed by atoms with Crippen LogP contribution in [0.3, 0.4) is 0 Å². The normalized spacial score (nSPS) is 14.9. The van der Waals surface area contributed by atoms with Crippen molar-refractivity contribution in [1.82, 2.24) is 4.98 Å². The van der Waals surface area contributed by atoms with Crippen LogP contribution in [-0.4, -0.2) is 65.7 Å². The average Bonchev–Trinajstić information content (AvgIpc) is 3.43. The highest BCUT2D eigenvalue weighted by atomic mass is 32.1. The Kier molecular flexibility index (Phi) is 17.2. The summed E-state index contributed by atoms with van der Waals surface area (Å²) < 4.78 is 28.6. The zero-order chi connectivity index (χ0) is 30.0. The van der Waals surface area contributed by atoms with E-state index in [1.807, 2.05) is 25.2 Å². The quantitative estimate of drug-likeness (QED) is 0.0600. The van der Waals surface area contributed by atoms with Gasteiger partial charge in [-0.05, 0) is 49.7 Å². The van der Waals surface area contributed by atoms with Gasteiger partial charge in [-0.3, -0.25) is 0 Å². The third-order valence-electron chi connectivity index (χ3n) is 7.27. The molecule has 0 fully saturated rings. The molecule has 0 aliphatic heterocycles. The molecule has 0 bridgehead atoms. The second kappa shape index (κ2) is 19.1. The van der Waals surface area contributed by atoms with E-state index in [-0.39, 0.29) is 30.5 Å². The topological polar surface area (TPSA) is 76.1 Å². The van der Waals surface area contributed by atoms with Crippen molar-refractivity contribution in [3.05, 3.63) is 52.5 Å². The average molecular weight is 592 g/mol. The Labute approximate surface area is 247 Å². The van der Waals surface area contributed by atoms with Gasteiger partial charge in [0.2, 0.25) is 0 Å². The monoisotopic (exact) mass is 591 g/mol. The van der Waals surface area contributed by atoms with Gasteiger partial charge < -0.3 is 23.4 Å². The van der Waals surface area contributed by atoms with Crippen molar-refractivity contribution < 1.29 is 28.2 Å². The second-order valence-electron chi connectivity index (χ2n) is 10.1. The minimum Gasteiger partial charge on any atom is -0.464 e. The number of carbonyl (C=O) groups excluding carboxylic acids is 1. The Bertz CT molecular complexity index is 1010. The fourth-order valence-corrected chi connectivity index (χ4v) is 8.14. The number of allylic oxidation sites excluding steroid dienone is 3. The van der Waals surface area contributed by atoms with E-state index < -0.39 is 14.3 Å². The standard InChI is InChI=1S/C31H49NO6SSi/c1-10-19-27(37-24-34-7)31(5,6)28(38-40(11-2,12-3)13-4)21-18-16-14-15-17-20-25(35-8)22-29-32-26(23-39-29)30(33)36-9/h10,16-20,23,25,27-28H,11-13,21-22,24H2,1-9H3/b18-16-,19-10+,20-17+/t25-,27-,28-/m0/s1. The summed E-state index contributed by atoms with van der Waals surface area (Å²) >= 11 is 1.41. The summed E-state index contributed by atoms with van der Waals surface area (Å²) in [6.07, 6.45) is 12.7. The lowest BCUT2D eigenvalue weighted by atomic mass is 9.79. The first-order valence-corrected chi connectivity index (χ1v) is 17.4. The molecule has 0 aliphatic rings. The molecule has 40 heavy (non-hydrogen) atoms. The maximum atomic E-state index is 11.6. The zero-order valence-corrected chi connectivity index (χ0v) is 27.6. The van der Waals surface area contributed by atoms with Gasteiger partial charge in [-0.1, -0.05) is 64.7 Å². The highest BCUT2D eigenvalue weighted by Gasteiger charge is 2.42. The Hall–Kier alpha value is -2.06. The fraction of sp³-hybridized carbons (Fsp3) is 0.613. The SMILES string of the molecule is C/C=C/[C@H](OCOC)C(C)(C)[C@H](C/C=C\C#C/C=C/[C@@H](Cc1nc(C(=O)OC)cs1)OC)O[Si](CC)(CC)CC. The predicted molar refractivity (Wildman–Crippen MR) is 166 cm³/mol. The van der Waals surface area contributed by atoms with E-state index in [0.717, 1.165) is 29.6 Å². The molecule has 1 rings (SSSR count). The summed E-state index contributed by atoms with van der Waals surface area (Å²) in [4.78, 5) is 15.9. The van der Waals surface area contributed by atoms with E-state index in [2.05, 4.69) is 63.6 Å². The van der Waals surface area contributed by atoms with Crippen molar-refractivity contribution in [2.45, 2.75) is 90.8 Å². The number of hydrogen-bond acceptors (Lipinski definition) is 8. The minimum atomic E-state index is -1.86. The highest BCUT2D eigenvalue weighted by Crippen LogP contribution is 2.37. The van der Waals surface area contributed by atoms with Crippen LogP contribution < -0.4 is 0 Å². The lowest BCUT2D eigenvalue weighted by Gasteiger charge is -2.44. The van der Waals surface area contributed by atoms with Crippen LogP contribution in [-0.2, 0) is 29.8 Å². The van der Waals surface area contributed by atoms with Crippen LogP contribution in [0.5, 0.6) is 0 Å². The summed E-state index contributed by atoms with van der Waals surface area (Å²) in [5.41, 5.74) is 0.0335. The molecule has 1 heterocycles. The van der Waals surface area contributed by atoms with Gasteiger partial charge in [-0.25, -0.2) is 9.78 Å². The lowest BCUT2D eigenvalue weighted by Crippen LogP contribution is -2.49. The Balaban J connectivity index is 2.97. The van der Waals surface area contributed by atoms with Crippen LogP contribution in [0.2, 0.25) is 18.1 Å². The van der Waals surface area contributed by atoms with Gasteiger partial charge in [0.15, 0.2) is 14.0 Å². The fourth-order valence-electron chi connectivity index (χ4n) is 4.33. The smallest absolute Gasteiger partial charge is 0.357 e. The summed E-state index contributed by atoms with van der Waals surface area (Å²) in [5, 5.41) is 2.49. The maximum absolute atomic E-state index is 11.6. The number of carbonyl (C=O) groups is 1. The zero-order valence-electron chi connectivity index (χ0n) is 25.8. The molecule has 224 valence electrons. The first-order chi connectivity index (χ1) is 19.2. The molecule has 0 amide bonds. The summed E-state index contributed by atoms with van der Waals surface area (Å²) in [7, 11) is 2.76.